The normalized spacial score (nSPS) is 12.7. The molecular formula is C27H27ClFNO. The lowest BCUT2D eigenvalue weighted by atomic mass is 9.83. The summed E-state index contributed by atoms with van der Waals surface area (Å²) in [5.41, 5.74) is 10.8. The monoisotopic (exact) mass is 435 g/mol. The van der Waals surface area contributed by atoms with Crippen LogP contribution < -0.4 is 5.73 Å². The number of nitrogen functional groups attached to an aromatic ring is 1. The number of hydrogen-bond donors (Lipinski definition) is 2. The molecule has 31 heavy (non-hydrogen) atoms. The summed E-state index contributed by atoms with van der Waals surface area (Å²) in [4.78, 5) is 0. The van der Waals surface area contributed by atoms with E-state index in [-0.39, 0.29) is 22.6 Å². The second kappa shape index (κ2) is 8.05. The molecule has 0 aliphatic heterocycles. The van der Waals surface area contributed by atoms with Crippen LogP contribution >= 0.6 is 11.6 Å². The van der Waals surface area contributed by atoms with Crippen molar-refractivity contribution in [1.29, 1.82) is 0 Å². The first-order chi connectivity index (χ1) is 14.7. The average Bonchev–Trinajstić information content (AvgIpc) is 2.73. The molecule has 0 bridgehead atoms. The zero-order valence-corrected chi connectivity index (χ0v) is 19.0. The maximum atomic E-state index is 15.0. The summed E-state index contributed by atoms with van der Waals surface area (Å²) >= 11 is 6.44. The fourth-order valence-electron chi connectivity index (χ4n) is 4.70. The van der Waals surface area contributed by atoms with Crippen LogP contribution in [-0.2, 0) is 6.42 Å². The number of aryl methyl sites for hydroxylation is 1. The van der Waals surface area contributed by atoms with E-state index in [4.69, 9.17) is 17.3 Å². The van der Waals surface area contributed by atoms with E-state index in [1.54, 1.807) is 12.1 Å². The number of aromatic hydroxyl groups is 1. The number of phenols is 1. The van der Waals surface area contributed by atoms with Crippen molar-refractivity contribution in [3.63, 3.8) is 0 Å². The van der Waals surface area contributed by atoms with Crippen LogP contribution in [0.5, 0.6) is 5.75 Å². The number of phenolic OH excluding ortho intramolecular Hbond substituents is 1. The van der Waals surface area contributed by atoms with Gasteiger partial charge in [-0.05, 0) is 81.1 Å². The van der Waals surface area contributed by atoms with Gasteiger partial charge in [0.25, 0.3) is 0 Å². The van der Waals surface area contributed by atoms with Crippen molar-refractivity contribution in [2.24, 2.45) is 0 Å². The maximum absolute atomic E-state index is 15.0. The highest BCUT2D eigenvalue weighted by Crippen LogP contribution is 2.43. The fraction of sp³-hybridized carbons (Fsp3) is 0.259. The molecule has 1 atom stereocenters. The Balaban J connectivity index is 2.09. The zero-order valence-electron chi connectivity index (χ0n) is 18.3. The van der Waals surface area contributed by atoms with Gasteiger partial charge in [-0.25, -0.2) is 4.39 Å². The standard InChI is InChI=1S/C27H27ClFNO/c1-5-16-7-6-8-17-9-18(30)10-22(25(16)17)15(4)21-13-24(29)27(28)26-20(14(2)3)11-19(31)12-23(21)26/h6-15,31H,5,30H2,1-4H3. The van der Waals surface area contributed by atoms with Gasteiger partial charge in [-0.2, -0.15) is 0 Å². The van der Waals surface area contributed by atoms with E-state index in [2.05, 4.69) is 26.0 Å². The van der Waals surface area contributed by atoms with E-state index in [0.717, 1.165) is 39.3 Å². The number of benzene rings is 4. The average molecular weight is 436 g/mol. The Bertz CT molecular complexity index is 1310. The maximum Gasteiger partial charge on any atom is 0.142 e. The number of fused-ring (bicyclic) bond motifs is 2. The minimum Gasteiger partial charge on any atom is -0.508 e. The molecule has 0 fully saturated rings. The Hall–Kier alpha value is -2.78. The van der Waals surface area contributed by atoms with Gasteiger partial charge >= 0.3 is 0 Å². The number of rotatable bonds is 4. The third-order valence-electron chi connectivity index (χ3n) is 6.23. The highest BCUT2D eigenvalue weighted by atomic mass is 35.5. The summed E-state index contributed by atoms with van der Waals surface area (Å²) in [5.74, 6) is -0.377. The Morgan fingerprint density at radius 1 is 0.968 bits per heavy atom. The molecule has 0 aliphatic carbocycles. The summed E-state index contributed by atoms with van der Waals surface area (Å²) < 4.78 is 15.0. The van der Waals surface area contributed by atoms with E-state index in [1.807, 2.05) is 32.0 Å². The summed E-state index contributed by atoms with van der Waals surface area (Å²) in [6.07, 6.45) is 0.884. The molecule has 0 aromatic heterocycles. The van der Waals surface area contributed by atoms with Crippen LogP contribution in [-0.4, -0.2) is 5.11 Å². The molecule has 0 aliphatic rings. The lowest BCUT2D eigenvalue weighted by Gasteiger charge is -2.22. The molecular weight excluding hydrogens is 409 g/mol. The van der Waals surface area contributed by atoms with Gasteiger partial charge in [-0.15, -0.1) is 0 Å². The molecule has 4 aromatic rings. The van der Waals surface area contributed by atoms with Crippen LogP contribution in [0.15, 0.2) is 48.5 Å². The molecule has 1 unspecified atom stereocenters. The predicted molar refractivity (Wildman–Crippen MR) is 130 cm³/mol. The fourth-order valence-corrected chi connectivity index (χ4v) is 4.97. The predicted octanol–water partition coefficient (Wildman–Crippen LogP) is 7.91. The van der Waals surface area contributed by atoms with Crippen molar-refractivity contribution in [2.45, 2.75) is 46.0 Å². The first kappa shape index (κ1) is 21.5. The molecule has 4 rings (SSSR count). The van der Waals surface area contributed by atoms with Crippen LogP contribution in [0.4, 0.5) is 10.1 Å². The SMILES string of the molecule is CCc1cccc2cc(N)cc(C(C)c3cc(F)c(Cl)c4c(C(C)C)cc(O)cc34)c12. The van der Waals surface area contributed by atoms with Crippen LogP contribution in [0.3, 0.4) is 0 Å². The van der Waals surface area contributed by atoms with Gasteiger partial charge in [-0.3, -0.25) is 0 Å². The van der Waals surface area contributed by atoms with Gasteiger partial charge in [-0.1, -0.05) is 57.5 Å². The van der Waals surface area contributed by atoms with Crippen molar-refractivity contribution in [3.05, 3.63) is 81.6 Å². The summed E-state index contributed by atoms with van der Waals surface area (Å²) in [7, 11) is 0. The molecule has 160 valence electrons. The third kappa shape index (κ3) is 3.61. The molecule has 0 spiro atoms. The van der Waals surface area contributed by atoms with Crippen molar-refractivity contribution < 1.29 is 9.50 Å². The quantitative estimate of drug-likeness (QED) is 0.320. The number of halogens is 2. The topological polar surface area (TPSA) is 46.2 Å². The van der Waals surface area contributed by atoms with Gasteiger partial charge < -0.3 is 10.8 Å². The minimum absolute atomic E-state index is 0.0805. The second-order valence-electron chi connectivity index (χ2n) is 8.57. The summed E-state index contributed by atoms with van der Waals surface area (Å²) in [6, 6.07) is 15.1. The number of hydrogen-bond acceptors (Lipinski definition) is 2. The van der Waals surface area contributed by atoms with Crippen LogP contribution in [0.25, 0.3) is 21.5 Å². The minimum atomic E-state index is -0.451. The Morgan fingerprint density at radius 3 is 2.39 bits per heavy atom. The largest absolute Gasteiger partial charge is 0.508 e. The van der Waals surface area contributed by atoms with Gasteiger partial charge in [0, 0.05) is 17.0 Å². The van der Waals surface area contributed by atoms with Gasteiger partial charge in [0.1, 0.15) is 11.6 Å². The zero-order chi connectivity index (χ0) is 22.4. The molecule has 0 saturated carbocycles. The Labute approximate surface area is 187 Å². The lowest BCUT2D eigenvalue weighted by molar-refractivity contribution is 0.475. The highest BCUT2D eigenvalue weighted by Gasteiger charge is 2.22. The number of anilines is 1. The van der Waals surface area contributed by atoms with E-state index >= 15 is 4.39 Å². The number of nitrogens with two attached hydrogens (primary N) is 1. The summed E-state index contributed by atoms with van der Waals surface area (Å²) in [6.45, 7) is 8.21. The molecule has 0 heterocycles. The van der Waals surface area contributed by atoms with Gasteiger partial charge in [0.2, 0.25) is 0 Å². The third-order valence-corrected chi connectivity index (χ3v) is 6.60. The first-order valence-electron chi connectivity index (χ1n) is 10.7. The smallest absolute Gasteiger partial charge is 0.142 e. The lowest BCUT2D eigenvalue weighted by Crippen LogP contribution is -2.04. The van der Waals surface area contributed by atoms with Crippen molar-refractivity contribution >= 4 is 38.8 Å². The highest BCUT2D eigenvalue weighted by molar-refractivity contribution is 6.36. The van der Waals surface area contributed by atoms with E-state index < -0.39 is 5.82 Å². The molecule has 0 amide bonds. The molecule has 4 heteroatoms. The van der Waals surface area contributed by atoms with Crippen LogP contribution in [0, 0.1) is 5.82 Å². The van der Waals surface area contributed by atoms with Crippen LogP contribution in [0.1, 0.15) is 61.8 Å². The van der Waals surface area contributed by atoms with Gasteiger partial charge in [0.15, 0.2) is 0 Å². The van der Waals surface area contributed by atoms with Crippen molar-refractivity contribution in [3.8, 4) is 5.75 Å². The van der Waals surface area contributed by atoms with E-state index in [9.17, 15) is 5.11 Å². The molecule has 4 aromatic carbocycles. The molecule has 3 N–H and O–H groups in total. The molecule has 2 nitrogen and oxygen atoms in total. The Kier molecular flexibility index (Phi) is 5.57. The van der Waals surface area contributed by atoms with Crippen molar-refractivity contribution in [1.82, 2.24) is 0 Å². The second-order valence-corrected chi connectivity index (χ2v) is 8.95. The van der Waals surface area contributed by atoms with Gasteiger partial charge in [0.05, 0.1) is 5.02 Å². The first-order valence-corrected chi connectivity index (χ1v) is 11.1. The molecule has 0 radical (unpaired) electrons. The van der Waals surface area contributed by atoms with E-state index in [1.165, 1.54) is 11.6 Å². The summed E-state index contributed by atoms with van der Waals surface area (Å²) in [5, 5.41) is 14.2. The Morgan fingerprint density at radius 2 is 1.71 bits per heavy atom. The van der Waals surface area contributed by atoms with Crippen LogP contribution in [0.2, 0.25) is 5.02 Å². The van der Waals surface area contributed by atoms with Crippen molar-refractivity contribution in [2.75, 3.05) is 5.73 Å². The molecule has 0 saturated heterocycles. The van der Waals surface area contributed by atoms with E-state index in [0.29, 0.717) is 11.1 Å².